The SMILES string of the molecule is CC(C)(C)c1nnc(NC(=O)Cl)s1. The fourth-order valence-corrected chi connectivity index (χ4v) is 1.60. The molecule has 1 amide bonds. The molecular weight excluding hydrogens is 210 g/mol. The maximum atomic E-state index is 10.5. The number of nitrogens with one attached hydrogen (secondary N) is 1. The number of anilines is 1. The zero-order chi connectivity index (χ0) is 10.1. The third-order valence-corrected chi connectivity index (χ3v) is 2.63. The molecule has 0 atom stereocenters. The minimum Gasteiger partial charge on any atom is -0.287 e. The summed E-state index contributed by atoms with van der Waals surface area (Å²) in [6.45, 7) is 6.08. The van der Waals surface area contributed by atoms with Crippen LogP contribution in [0.25, 0.3) is 0 Å². The first-order valence-electron chi connectivity index (χ1n) is 3.70. The van der Waals surface area contributed by atoms with E-state index in [1.807, 2.05) is 20.8 Å². The van der Waals surface area contributed by atoms with E-state index in [0.717, 1.165) is 5.01 Å². The van der Waals surface area contributed by atoms with Crippen molar-refractivity contribution in [1.82, 2.24) is 10.2 Å². The summed E-state index contributed by atoms with van der Waals surface area (Å²) in [6.07, 6.45) is 0. The van der Waals surface area contributed by atoms with Crippen molar-refractivity contribution in [2.45, 2.75) is 26.2 Å². The van der Waals surface area contributed by atoms with Crippen LogP contribution >= 0.6 is 22.9 Å². The van der Waals surface area contributed by atoms with Crippen molar-refractivity contribution >= 4 is 33.4 Å². The van der Waals surface area contributed by atoms with Crippen LogP contribution in [-0.4, -0.2) is 15.6 Å². The summed E-state index contributed by atoms with van der Waals surface area (Å²) in [6, 6.07) is 0. The topological polar surface area (TPSA) is 54.9 Å². The molecule has 0 spiro atoms. The van der Waals surface area contributed by atoms with Crippen LogP contribution in [0.3, 0.4) is 0 Å². The number of nitrogens with zero attached hydrogens (tertiary/aromatic N) is 2. The Morgan fingerprint density at radius 1 is 1.46 bits per heavy atom. The normalized spacial score (nSPS) is 11.4. The highest BCUT2D eigenvalue weighted by Gasteiger charge is 2.19. The summed E-state index contributed by atoms with van der Waals surface area (Å²) in [4.78, 5) is 10.5. The molecule has 1 heterocycles. The van der Waals surface area contributed by atoms with Crippen LogP contribution in [-0.2, 0) is 5.41 Å². The van der Waals surface area contributed by atoms with E-state index < -0.39 is 5.37 Å². The fourth-order valence-electron chi connectivity index (χ4n) is 0.661. The molecule has 0 aliphatic rings. The van der Waals surface area contributed by atoms with Crippen LogP contribution in [0.5, 0.6) is 0 Å². The van der Waals surface area contributed by atoms with Gasteiger partial charge in [-0.3, -0.25) is 10.1 Å². The van der Waals surface area contributed by atoms with E-state index in [9.17, 15) is 4.79 Å². The highest BCUT2D eigenvalue weighted by atomic mass is 35.5. The van der Waals surface area contributed by atoms with Gasteiger partial charge >= 0.3 is 5.37 Å². The van der Waals surface area contributed by atoms with Gasteiger partial charge in [-0.25, -0.2) is 0 Å². The lowest BCUT2D eigenvalue weighted by Crippen LogP contribution is -2.10. The summed E-state index contributed by atoms with van der Waals surface area (Å²) in [5.74, 6) is 0. The second-order valence-electron chi connectivity index (χ2n) is 3.56. The summed E-state index contributed by atoms with van der Waals surface area (Å²) in [5, 5.41) is 10.7. The quantitative estimate of drug-likeness (QED) is 0.584. The Bertz CT molecular complexity index is 318. The van der Waals surface area contributed by atoms with Gasteiger partial charge in [-0.15, -0.1) is 10.2 Å². The fraction of sp³-hybridized carbons (Fsp3) is 0.571. The molecule has 13 heavy (non-hydrogen) atoms. The van der Waals surface area contributed by atoms with Crippen LogP contribution in [0.2, 0.25) is 0 Å². The van der Waals surface area contributed by atoms with Gasteiger partial charge in [-0.2, -0.15) is 0 Å². The van der Waals surface area contributed by atoms with Crippen LogP contribution < -0.4 is 5.32 Å². The third-order valence-electron chi connectivity index (χ3n) is 1.27. The van der Waals surface area contributed by atoms with E-state index in [2.05, 4.69) is 15.5 Å². The number of aromatic nitrogens is 2. The predicted octanol–water partition coefficient (Wildman–Crippen LogP) is 2.61. The zero-order valence-electron chi connectivity index (χ0n) is 7.59. The third kappa shape index (κ3) is 2.93. The number of hydrogen-bond acceptors (Lipinski definition) is 4. The molecule has 0 aliphatic carbocycles. The largest absolute Gasteiger partial charge is 0.320 e. The Kier molecular flexibility index (Phi) is 2.87. The van der Waals surface area contributed by atoms with Crippen molar-refractivity contribution in [3.05, 3.63) is 5.01 Å². The first-order chi connectivity index (χ1) is 5.89. The molecule has 0 aromatic carbocycles. The number of hydrogen-bond donors (Lipinski definition) is 1. The monoisotopic (exact) mass is 219 g/mol. The van der Waals surface area contributed by atoms with Gasteiger partial charge in [-0.1, -0.05) is 32.1 Å². The molecule has 1 N–H and O–H groups in total. The molecule has 1 aromatic heterocycles. The number of carbonyl (C=O) groups excluding carboxylic acids is 1. The van der Waals surface area contributed by atoms with Crippen molar-refractivity contribution in [2.24, 2.45) is 0 Å². The Morgan fingerprint density at radius 3 is 2.46 bits per heavy atom. The molecule has 6 heteroatoms. The second-order valence-corrected chi connectivity index (χ2v) is 4.88. The van der Waals surface area contributed by atoms with Crippen molar-refractivity contribution < 1.29 is 4.79 Å². The number of carbonyl (C=O) groups is 1. The van der Waals surface area contributed by atoms with Gasteiger partial charge in [0.15, 0.2) is 0 Å². The van der Waals surface area contributed by atoms with Gasteiger partial charge in [0.05, 0.1) is 0 Å². The first-order valence-corrected chi connectivity index (χ1v) is 4.89. The van der Waals surface area contributed by atoms with Gasteiger partial charge in [-0.05, 0) is 11.6 Å². The summed E-state index contributed by atoms with van der Waals surface area (Å²) in [7, 11) is 0. The molecule has 1 rings (SSSR count). The molecule has 0 saturated carbocycles. The van der Waals surface area contributed by atoms with Crippen molar-refractivity contribution in [1.29, 1.82) is 0 Å². The Balaban J connectivity index is 2.81. The van der Waals surface area contributed by atoms with Gasteiger partial charge in [0.25, 0.3) is 0 Å². The minimum atomic E-state index is -0.642. The van der Waals surface area contributed by atoms with Gasteiger partial charge in [0, 0.05) is 5.41 Å². The van der Waals surface area contributed by atoms with Gasteiger partial charge in [0.1, 0.15) is 5.01 Å². The maximum Gasteiger partial charge on any atom is 0.320 e. The Hall–Kier alpha value is -0.680. The molecule has 0 saturated heterocycles. The molecule has 0 fully saturated rings. The number of rotatable bonds is 1. The van der Waals surface area contributed by atoms with Crippen molar-refractivity contribution in [2.75, 3.05) is 5.32 Å². The van der Waals surface area contributed by atoms with Gasteiger partial charge < -0.3 is 0 Å². The summed E-state index contributed by atoms with van der Waals surface area (Å²) < 4.78 is 0. The predicted molar refractivity (Wildman–Crippen MR) is 53.5 cm³/mol. The van der Waals surface area contributed by atoms with Gasteiger partial charge in [0.2, 0.25) is 5.13 Å². The maximum absolute atomic E-state index is 10.5. The van der Waals surface area contributed by atoms with Crippen LogP contribution in [0.4, 0.5) is 9.93 Å². The average molecular weight is 220 g/mol. The molecule has 4 nitrogen and oxygen atoms in total. The molecule has 72 valence electrons. The van der Waals surface area contributed by atoms with E-state index >= 15 is 0 Å². The van der Waals surface area contributed by atoms with Crippen LogP contribution in [0.1, 0.15) is 25.8 Å². The first kappa shape index (κ1) is 10.4. The highest BCUT2D eigenvalue weighted by Crippen LogP contribution is 2.27. The highest BCUT2D eigenvalue weighted by molar-refractivity contribution is 7.15. The lowest BCUT2D eigenvalue weighted by Gasteiger charge is -2.12. The van der Waals surface area contributed by atoms with E-state index in [-0.39, 0.29) is 5.41 Å². The minimum absolute atomic E-state index is 0.0487. The lowest BCUT2D eigenvalue weighted by molar-refractivity contribution is 0.269. The van der Waals surface area contributed by atoms with E-state index in [0.29, 0.717) is 5.13 Å². The standard InChI is InChI=1S/C7H10ClN3OS/c1-7(2,3)4-10-11-6(13-4)9-5(8)12/h1-3H3,(H,9,11,12). The molecule has 0 radical (unpaired) electrons. The molecule has 1 aromatic rings. The Labute approximate surface area is 85.3 Å². The van der Waals surface area contributed by atoms with E-state index in [1.165, 1.54) is 11.3 Å². The lowest BCUT2D eigenvalue weighted by atomic mass is 9.98. The summed E-state index contributed by atoms with van der Waals surface area (Å²) in [5.41, 5.74) is -0.0487. The van der Waals surface area contributed by atoms with E-state index in [4.69, 9.17) is 11.6 Å². The Morgan fingerprint density at radius 2 is 2.08 bits per heavy atom. The van der Waals surface area contributed by atoms with E-state index in [1.54, 1.807) is 0 Å². The molecule has 0 aliphatic heterocycles. The smallest absolute Gasteiger partial charge is 0.287 e. The molecular formula is C7H10ClN3OS. The number of halogens is 1. The summed E-state index contributed by atoms with van der Waals surface area (Å²) >= 11 is 6.45. The number of amides is 1. The zero-order valence-corrected chi connectivity index (χ0v) is 9.16. The second kappa shape index (κ2) is 3.59. The van der Waals surface area contributed by atoms with Crippen molar-refractivity contribution in [3.8, 4) is 0 Å². The molecule has 0 unspecified atom stereocenters. The van der Waals surface area contributed by atoms with Crippen LogP contribution in [0, 0.1) is 0 Å². The van der Waals surface area contributed by atoms with Crippen LogP contribution in [0.15, 0.2) is 0 Å². The average Bonchev–Trinajstić information content (AvgIpc) is 2.32. The van der Waals surface area contributed by atoms with Crippen molar-refractivity contribution in [3.63, 3.8) is 0 Å². The molecule has 0 bridgehead atoms.